The Hall–Kier alpha value is -1.39. The van der Waals surface area contributed by atoms with Crippen LogP contribution in [-0.4, -0.2) is 58.7 Å². The van der Waals surface area contributed by atoms with Crippen molar-refractivity contribution < 1.29 is 4.79 Å². The van der Waals surface area contributed by atoms with Crippen LogP contribution in [0.2, 0.25) is 0 Å². The second-order valence-corrected chi connectivity index (χ2v) is 6.77. The van der Waals surface area contributed by atoms with Gasteiger partial charge in [0.25, 0.3) is 0 Å². The molecule has 0 aromatic carbocycles. The monoisotopic (exact) mass is 477 g/mol. The molecule has 0 saturated heterocycles. The minimum Gasteiger partial charge on any atom is -0.357 e. The number of rotatable bonds is 7. The summed E-state index contributed by atoms with van der Waals surface area (Å²) < 4.78 is 1.97. The number of aromatic nitrogens is 3. The van der Waals surface area contributed by atoms with Crippen molar-refractivity contribution in [1.29, 1.82) is 0 Å². The van der Waals surface area contributed by atoms with Gasteiger partial charge in [-0.1, -0.05) is 12.8 Å². The van der Waals surface area contributed by atoms with Crippen molar-refractivity contribution in [2.75, 3.05) is 27.2 Å². The SMILES string of the molecule is CCNC(=NCc1nncn1CC)NCC1(C(=O)N(C)C)CCCC1.I. The molecule has 8 nitrogen and oxygen atoms in total. The van der Waals surface area contributed by atoms with Crippen molar-refractivity contribution in [3.05, 3.63) is 12.2 Å². The van der Waals surface area contributed by atoms with Crippen LogP contribution in [0.15, 0.2) is 11.3 Å². The summed E-state index contributed by atoms with van der Waals surface area (Å²) in [4.78, 5) is 19.0. The minimum atomic E-state index is -0.316. The first kappa shape index (κ1) is 22.7. The van der Waals surface area contributed by atoms with E-state index in [0.29, 0.717) is 19.0 Å². The van der Waals surface area contributed by atoms with Crippen molar-refractivity contribution in [2.24, 2.45) is 10.4 Å². The molecule has 1 saturated carbocycles. The smallest absolute Gasteiger partial charge is 0.230 e. The highest BCUT2D eigenvalue weighted by Gasteiger charge is 2.42. The van der Waals surface area contributed by atoms with Crippen LogP contribution in [0.1, 0.15) is 45.4 Å². The molecule has 0 atom stereocenters. The highest BCUT2D eigenvalue weighted by Crippen LogP contribution is 2.38. The van der Waals surface area contributed by atoms with Crippen molar-refractivity contribution in [1.82, 2.24) is 30.3 Å². The van der Waals surface area contributed by atoms with Gasteiger partial charge in [0, 0.05) is 33.7 Å². The fourth-order valence-corrected chi connectivity index (χ4v) is 3.40. The molecule has 26 heavy (non-hydrogen) atoms. The van der Waals surface area contributed by atoms with E-state index < -0.39 is 0 Å². The van der Waals surface area contributed by atoms with Crippen molar-refractivity contribution in [3.63, 3.8) is 0 Å². The fourth-order valence-electron chi connectivity index (χ4n) is 3.40. The van der Waals surface area contributed by atoms with Crippen LogP contribution in [0.5, 0.6) is 0 Å². The van der Waals surface area contributed by atoms with Gasteiger partial charge in [-0.2, -0.15) is 0 Å². The van der Waals surface area contributed by atoms with Gasteiger partial charge in [-0.15, -0.1) is 34.2 Å². The number of hydrogen-bond donors (Lipinski definition) is 2. The summed E-state index contributed by atoms with van der Waals surface area (Å²) in [5.74, 6) is 1.75. The molecule has 0 aliphatic heterocycles. The minimum absolute atomic E-state index is 0. The molecule has 1 aliphatic rings. The Morgan fingerprint density at radius 2 is 2.00 bits per heavy atom. The molecule has 1 aliphatic carbocycles. The molecule has 2 N–H and O–H groups in total. The number of carbonyl (C=O) groups is 1. The normalized spacial score (nSPS) is 16.1. The van der Waals surface area contributed by atoms with Crippen LogP contribution in [0.25, 0.3) is 0 Å². The average Bonchev–Trinajstić information content (AvgIpc) is 3.26. The van der Waals surface area contributed by atoms with Crippen molar-refractivity contribution >= 4 is 35.8 Å². The second-order valence-electron chi connectivity index (χ2n) is 6.77. The highest BCUT2D eigenvalue weighted by atomic mass is 127. The number of amides is 1. The van der Waals surface area contributed by atoms with Crippen LogP contribution >= 0.6 is 24.0 Å². The Balaban J connectivity index is 0.00000338. The summed E-state index contributed by atoms with van der Waals surface area (Å²) in [5.41, 5.74) is -0.316. The van der Waals surface area contributed by atoms with E-state index in [-0.39, 0.29) is 35.3 Å². The zero-order valence-electron chi connectivity index (χ0n) is 16.3. The summed E-state index contributed by atoms with van der Waals surface area (Å²) in [6.45, 7) is 6.73. The van der Waals surface area contributed by atoms with Gasteiger partial charge < -0.3 is 20.1 Å². The van der Waals surface area contributed by atoms with Gasteiger partial charge in [0.15, 0.2) is 11.8 Å². The van der Waals surface area contributed by atoms with Gasteiger partial charge in [0.1, 0.15) is 12.9 Å². The van der Waals surface area contributed by atoms with E-state index >= 15 is 0 Å². The third kappa shape index (κ3) is 5.55. The van der Waals surface area contributed by atoms with E-state index in [0.717, 1.165) is 44.6 Å². The Morgan fingerprint density at radius 3 is 2.58 bits per heavy atom. The zero-order chi connectivity index (χ0) is 18.3. The summed E-state index contributed by atoms with van der Waals surface area (Å²) in [6, 6.07) is 0. The fraction of sp³-hybridized carbons (Fsp3) is 0.765. The number of halogens is 1. The molecule has 0 radical (unpaired) electrons. The Morgan fingerprint density at radius 1 is 1.31 bits per heavy atom. The van der Waals surface area contributed by atoms with Gasteiger partial charge in [-0.3, -0.25) is 4.79 Å². The number of carbonyl (C=O) groups excluding carboxylic acids is 1. The van der Waals surface area contributed by atoms with Crippen LogP contribution < -0.4 is 10.6 Å². The number of nitrogens with zero attached hydrogens (tertiary/aromatic N) is 5. The summed E-state index contributed by atoms with van der Waals surface area (Å²) >= 11 is 0. The molecule has 2 rings (SSSR count). The number of aliphatic imine (C=N–C) groups is 1. The molecule has 1 aromatic rings. The first-order chi connectivity index (χ1) is 12.0. The zero-order valence-corrected chi connectivity index (χ0v) is 18.6. The van der Waals surface area contributed by atoms with Gasteiger partial charge >= 0.3 is 0 Å². The predicted octanol–water partition coefficient (Wildman–Crippen LogP) is 1.62. The molecule has 0 bridgehead atoms. The summed E-state index contributed by atoms with van der Waals surface area (Å²) in [5, 5.41) is 14.7. The first-order valence-electron chi connectivity index (χ1n) is 9.13. The highest BCUT2D eigenvalue weighted by molar-refractivity contribution is 14.0. The van der Waals surface area contributed by atoms with Crippen LogP contribution in [0.3, 0.4) is 0 Å². The lowest BCUT2D eigenvalue weighted by Crippen LogP contribution is -2.49. The lowest BCUT2D eigenvalue weighted by Gasteiger charge is -2.31. The molecule has 1 heterocycles. The number of nitrogens with one attached hydrogen (secondary N) is 2. The maximum absolute atomic E-state index is 12.7. The van der Waals surface area contributed by atoms with Crippen LogP contribution in [0, 0.1) is 5.41 Å². The third-order valence-corrected chi connectivity index (χ3v) is 4.77. The molecular formula is C17H32IN7O. The Kier molecular flexibility index (Phi) is 9.31. The molecular weight excluding hydrogens is 445 g/mol. The quantitative estimate of drug-likeness (QED) is 0.354. The van der Waals surface area contributed by atoms with Crippen molar-refractivity contribution in [3.8, 4) is 0 Å². The number of guanidine groups is 1. The molecule has 0 unspecified atom stereocenters. The van der Waals surface area contributed by atoms with E-state index in [1.54, 1.807) is 11.2 Å². The van der Waals surface area contributed by atoms with Gasteiger partial charge in [0.2, 0.25) is 5.91 Å². The molecule has 1 fully saturated rings. The van der Waals surface area contributed by atoms with E-state index in [4.69, 9.17) is 0 Å². The van der Waals surface area contributed by atoms with Crippen LogP contribution in [-0.2, 0) is 17.9 Å². The lowest BCUT2D eigenvalue weighted by atomic mass is 9.84. The lowest BCUT2D eigenvalue weighted by molar-refractivity contribution is -0.138. The first-order valence-corrected chi connectivity index (χ1v) is 9.13. The van der Waals surface area contributed by atoms with Crippen LogP contribution in [0.4, 0.5) is 0 Å². The molecule has 1 aromatic heterocycles. The maximum atomic E-state index is 12.7. The van der Waals surface area contributed by atoms with E-state index in [1.807, 2.05) is 25.6 Å². The average molecular weight is 477 g/mol. The van der Waals surface area contributed by atoms with Crippen molar-refractivity contribution in [2.45, 2.75) is 52.6 Å². The van der Waals surface area contributed by atoms with E-state index in [1.165, 1.54) is 0 Å². The van der Waals surface area contributed by atoms with E-state index in [9.17, 15) is 4.79 Å². The largest absolute Gasteiger partial charge is 0.357 e. The van der Waals surface area contributed by atoms with Gasteiger partial charge in [0.05, 0.1) is 5.41 Å². The molecule has 0 spiro atoms. The standard InChI is InChI=1S/C17H31N7O.HI/c1-5-18-16(19-11-14-22-21-13-24(14)6-2)20-12-17(9-7-8-10-17)15(25)23(3)4;/h13H,5-12H2,1-4H3,(H2,18,19,20);1H. The topological polar surface area (TPSA) is 87.4 Å². The number of hydrogen-bond acceptors (Lipinski definition) is 4. The van der Waals surface area contributed by atoms with Gasteiger partial charge in [-0.05, 0) is 26.7 Å². The maximum Gasteiger partial charge on any atom is 0.230 e. The second kappa shape index (κ2) is 10.7. The third-order valence-electron chi connectivity index (χ3n) is 4.77. The molecule has 1 amide bonds. The predicted molar refractivity (Wildman–Crippen MR) is 114 cm³/mol. The summed E-state index contributed by atoms with van der Waals surface area (Å²) in [7, 11) is 3.67. The van der Waals surface area contributed by atoms with Gasteiger partial charge in [-0.25, -0.2) is 4.99 Å². The Labute approximate surface area is 173 Å². The number of aryl methyl sites for hydroxylation is 1. The summed E-state index contributed by atoms with van der Waals surface area (Å²) in [6.07, 6.45) is 5.79. The molecule has 148 valence electrons. The molecule has 9 heteroatoms. The Bertz CT molecular complexity index is 594. The van der Waals surface area contributed by atoms with E-state index in [2.05, 4.69) is 32.7 Å².